The number of amidine groups is 1. The fraction of sp³-hybridized carbons (Fsp3) is 0.458. The van der Waals surface area contributed by atoms with E-state index in [1.165, 1.54) is 4.90 Å². The second kappa shape index (κ2) is 7.62. The van der Waals surface area contributed by atoms with E-state index in [0.717, 1.165) is 35.7 Å². The number of carbonyl (C=O) groups is 2. The van der Waals surface area contributed by atoms with Crippen LogP contribution in [0, 0.1) is 16.7 Å². The van der Waals surface area contributed by atoms with Crippen molar-refractivity contribution in [1.82, 2.24) is 9.80 Å². The first-order chi connectivity index (χ1) is 13.9. The van der Waals surface area contributed by atoms with Crippen LogP contribution in [0.25, 0.3) is 10.8 Å². The van der Waals surface area contributed by atoms with Crippen molar-refractivity contribution in [2.75, 3.05) is 20.1 Å². The Hall–Kier alpha value is -2.69. The Morgan fingerprint density at radius 2 is 1.93 bits per heavy atom. The van der Waals surface area contributed by atoms with E-state index in [-0.39, 0.29) is 23.1 Å². The van der Waals surface area contributed by atoms with Crippen LogP contribution >= 0.6 is 0 Å². The van der Waals surface area contributed by atoms with E-state index >= 15 is 0 Å². The van der Waals surface area contributed by atoms with Crippen LogP contribution < -0.4 is 0 Å². The average Bonchev–Trinajstić information content (AvgIpc) is 2.72. The molecule has 0 aliphatic carbocycles. The predicted octanol–water partition coefficient (Wildman–Crippen LogP) is 3.86. The molecule has 2 amide bonds. The van der Waals surface area contributed by atoms with Gasteiger partial charge in [-0.1, -0.05) is 49.4 Å². The van der Waals surface area contributed by atoms with Crippen molar-refractivity contribution < 1.29 is 9.59 Å². The number of rotatable bonds is 3. The van der Waals surface area contributed by atoms with E-state index in [9.17, 15) is 9.59 Å². The quantitative estimate of drug-likeness (QED) is 0.864. The normalized spacial score (nSPS) is 25.5. The minimum Gasteiger partial charge on any atom is -0.342 e. The van der Waals surface area contributed by atoms with Gasteiger partial charge in [-0.3, -0.25) is 15.0 Å². The molecule has 1 unspecified atom stereocenters. The van der Waals surface area contributed by atoms with Crippen molar-refractivity contribution in [3.63, 3.8) is 0 Å². The lowest BCUT2D eigenvalue weighted by Gasteiger charge is -2.46. The number of nitrogens with one attached hydrogen (secondary N) is 1. The third kappa shape index (κ3) is 3.78. The molecule has 2 aromatic carbocycles. The zero-order valence-corrected chi connectivity index (χ0v) is 17.3. The van der Waals surface area contributed by atoms with Crippen LogP contribution in [0.15, 0.2) is 42.5 Å². The molecule has 2 fully saturated rings. The Balaban J connectivity index is 1.49. The molecule has 1 N–H and O–H groups in total. The van der Waals surface area contributed by atoms with Gasteiger partial charge in [0, 0.05) is 33.0 Å². The smallest absolute Gasteiger partial charge is 0.228 e. The summed E-state index contributed by atoms with van der Waals surface area (Å²) < 4.78 is 0. The molecule has 2 aliphatic rings. The number of amides is 2. The maximum atomic E-state index is 13.1. The van der Waals surface area contributed by atoms with Gasteiger partial charge in [0.2, 0.25) is 11.8 Å². The Morgan fingerprint density at radius 1 is 1.17 bits per heavy atom. The molecule has 5 nitrogen and oxygen atoms in total. The number of piperidine rings is 2. The monoisotopic (exact) mass is 391 g/mol. The van der Waals surface area contributed by atoms with E-state index in [4.69, 9.17) is 5.41 Å². The zero-order valence-electron chi connectivity index (χ0n) is 17.3. The first-order valence-corrected chi connectivity index (χ1v) is 10.5. The molecule has 0 saturated carbocycles. The first-order valence-electron chi connectivity index (χ1n) is 10.5. The topological polar surface area (TPSA) is 64.5 Å². The number of benzene rings is 2. The van der Waals surface area contributed by atoms with Crippen LogP contribution in [0.2, 0.25) is 0 Å². The molecule has 2 heterocycles. The minimum atomic E-state index is -0.237. The maximum absolute atomic E-state index is 13.1. The molecule has 0 spiro atoms. The molecule has 152 valence electrons. The summed E-state index contributed by atoms with van der Waals surface area (Å²) in [5, 5.41) is 10.5. The summed E-state index contributed by atoms with van der Waals surface area (Å²) in [6.07, 6.45) is 3.44. The third-order valence-electron chi connectivity index (χ3n) is 6.89. The molecule has 0 bridgehead atoms. The van der Waals surface area contributed by atoms with Crippen LogP contribution in [0.4, 0.5) is 0 Å². The van der Waals surface area contributed by atoms with Gasteiger partial charge in [0.15, 0.2) is 0 Å². The fourth-order valence-corrected chi connectivity index (χ4v) is 4.96. The van der Waals surface area contributed by atoms with Gasteiger partial charge in [-0.2, -0.15) is 0 Å². The fourth-order valence-electron chi connectivity index (χ4n) is 4.96. The highest BCUT2D eigenvalue weighted by molar-refractivity contribution is 5.99. The zero-order chi connectivity index (χ0) is 20.6. The van der Waals surface area contributed by atoms with Crippen LogP contribution in [-0.2, 0) is 16.0 Å². The molecule has 29 heavy (non-hydrogen) atoms. The number of likely N-dealkylation sites (tertiary alicyclic amines) is 2. The average molecular weight is 392 g/mol. The molecule has 5 heteroatoms. The summed E-state index contributed by atoms with van der Waals surface area (Å²) in [5.41, 5.74) is 0.830. The second-order valence-electron chi connectivity index (χ2n) is 8.90. The van der Waals surface area contributed by atoms with E-state index < -0.39 is 0 Å². The SMILES string of the molecule is CN1C(=N)C[C@](C)(C2CCCN(C(=O)Cc3cccc4ccccc34)C2)CC1=O. The highest BCUT2D eigenvalue weighted by Gasteiger charge is 2.44. The number of fused-ring (bicyclic) bond motifs is 1. The number of hydrogen-bond donors (Lipinski definition) is 1. The van der Waals surface area contributed by atoms with Crippen molar-refractivity contribution in [3.05, 3.63) is 48.0 Å². The predicted molar refractivity (Wildman–Crippen MR) is 115 cm³/mol. The van der Waals surface area contributed by atoms with Gasteiger partial charge in [0.1, 0.15) is 5.84 Å². The number of carbonyl (C=O) groups excluding carboxylic acids is 2. The molecular formula is C24H29N3O2. The number of nitrogens with zero attached hydrogens (tertiary/aromatic N) is 2. The van der Waals surface area contributed by atoms with Crippen LogP contribution in [0.5, 0.6) is 0 Å². The summed E-state index contributed by atoms with van der Waals surface area (Å²) in [7, 11) is 1.69. The Morgan fingerprint density at radius 3 is 2.72 bits per heavy atom. The van der Waals surface area contributed by atoms with Crippen LogP contribution in [0.3, 0.4) is 0 Å². The molecule has 2 saturated heterocycles. The standard InChI is InChI=1S/C24H29N3O2/c1-24(14-21(25)26(2)23(29)15-24)19-10-6-12-27(16-19)22(28)13-18-9-5-8-17-7-3-4-11-20(17)18/h3-5,7-9,11,19,25H,6,10,12-16H2,1-2H3/t19?,24-/m0/s1. The van der Waals surface area contributed by atoms with E-state index in [0.29, 0.717) is 31.6 Å². The Labute approximate surface area is 172 Å². The van der Waals surface area contributed by atoms with Crippen molar-refractivity contribution in [2.45, 2.75) is 39.0 Å². The third-order valence-corrected chi connectivity index (χ3v) is 6.89. The number of hydrogen-bond acceptors (Lipinski definition) is 3. The van der Waals surface area contributed by atoms with Crippen LogP contribution in [0.1, 0.15) is 38.2 Å². The second-order valence-corrected chi connectivity index (χ2v) is 8.90. The van der Waals surface area contributed by atoms with E-state index in [1.54, 1.807) is 7.05 Å². The largest absolute Gasteiger partial charge is 0.342 e. The molecule has 2 atom stereocenters. The maximum Gasteiger partial charge on any atom is 0.228 e. The van der Waals surface area contributed by atoms with Crippen molar-refractivity contribution in [1.29, 1.82) is 5.41 Å². The molecule has 4 rings (SSSR count). The van der Waals surface area contributed by atoms with Crippen molar-refractivity contribution in [2.24, 2.45) is 11.3 Å². The van der Waals surface area contributed by atoms with Crippen molar-refractivity contribution >= 4 is 28.4 Å². The van der Waals surface area contributed by atoms with Gasteiger partial charge in [-0.25, -0.2) is 0 Å². The van der Waals surface area contributed by atoms with Gasteiger partial charge in [0.05, 0.1) is 6.42 Å². The molecule has 2 aromatic rings. The van der Waals surface area contributed by atoms with E-state index in [2.05, 4.69) is 25.1 Å². The lowest BCUT2D eigenvalue weighted by Crippen LogP contribution is -2.52. The lowest BCUT2D eigenvalue weighted by atomic mass is 9.67. The van der Waals surface area contributed by atoms with Gasteiger partial charge < -0.3 is 9.80 Å². The van der Waals surface area contributed by atoms with Crippen LogP contribution in [-0.4, -0.2) is 47.6 Å². The Kier molecular flexibility index (Phi) is 5.15. The lowest BCUT2D eigenvalue weighted by molar-refractivity contribution is -0.135. The summed E-state index contributed by atoms with van der Waals surface area (Å²) in [6, 6.07) is 14.3. The van der Waals surface area contributed by atoms with Crippen molar-refractivity contribution in [3.8, 4) is 0 Å². The Bertz CT molecular complexity index is 944. The van der Waals surface area contributed by atoms with Gasteiger partial charge in [-0.05, 0) is 40.5 Å². The summed E-state index contributed by atoms with van der Waals surface area (Å²) in [4.78, 5) is 28.9. The highest BCUT2D eigenvalue weighted by atomic mass is 16.2. The molecule has 0 radical (unpaired) electrons. The first kappa shape index (κ1) is 19.6. The van der Waals surface area contributed by atoms with E-state index in [1.807, 2.05) is 29.2 Å². The summed E-state index contributed by atoms with van der Waals surface area (Å²) in [5.74, 6) is 0.820. The van der Waals surface area contributed by atoms with Gasteiger partial charge in [-0.15, -0.1) is 0 Å². The minimum absolute atomic E-state index is 0.0166. The molecular weight excluding hydrogens is 362 g/mol. The summed E-state index contributed by atoms with van der Waals surface area (Å²) >= 11 is 0. The van der Waals surface area contributed by atoms with Gasteiger partial charge in [0.25, 0.3) is 0 Å². The highest BCUT2D eigenvalue weighted by Crippen LogP contribution is 2.43. The summed E-state index contributed by atoms with van der Waals surface area (Å²) in [6.45, 7) is 3.58. The molecule has 0 aromatic heterocycles. The molecule has 2 aliphatic heterocycles. The van der Waals surface area contributed by atoms with Gasteiger partial charge >= 0.3 is 0 Å².